The summed E-state index contributed by atoms with van der Waals surface area (Å²) in [7, 11) is 1.01. The number of halogens is 3. The zero-order valence-electron chi connectivity index (χ0n) is 9.94. The third kappa shape index (κ3) is 5.32. The summed E-state index contributed by atoms with van der Waals surface area (Å²) in [6.45, 7) is -1.88. The van der Waals surface area contributed by atoms with Crippen LogP contribution in [0, 0.1) is 0 Å². The molecule has 0 aliphatic heterocycles. The van der Waals surface area contributed by atoms with Crippen molar-refractivity contribution in [2.75, 3.05) is 20.1 Å². The van der Waals surface area contributed by atoms with Gasteiger partial charge in [-0.1, -0.05) is 0 Å². The van der Waals surface area contributed by atoms with E-state index in [2.05, 4.69) is 15.5 Å². The molecule has 0 bridgehead atoms. The summed E-state index contributed by atoms with van der Waals surface area (Å²) in [5, 5.41) is 9.12. The van der Waals surface area contributed by atoms with Gasteiger partial charge in [-0.25, -0.2) is 0 Å². The Balaban J connectivity index is 2.44. The van der Waals surface area contributed by atoms with Crippen LogP contribution in [0.3, 0.4) is 0 Å². The molecule has 1 aromatic heterocycles. The van der Waals surface area contributed by atoms with Crippen LogP contribution in [0.1, 0.15) is 10.4 Å². The molecule has 0 fully saturated rings. The number of hydrogen-bond acceptors (Lipinski definition) is 4. The van der Waals surface area contributed by atoms with Gasteiger partial charge in [-0.05, 0) is 6.07 Å². The molecule has 1 N–H and O–H groups in total. The first kappa shape index (κ1) is 14.9. The first-order chi connectivity index (χ1) is 8.79. The minimum atomic E-state index is -4.47. The summed E-state index contributed by atoms with van der Waals surface area (Å²) in [6.07, 6.45) is -2.00. The highest BCUT2D eigenvalue weighted by atomic mass is 19.4. The van der Waals surface area contributed by atoms with Crippen molar-refractivity contribution < 1.29 is 22.8 Å². The van der Waals surface area contributed by atoms with E-state index in [1.807, 2.05) is 0 Å². The molecule has 19 heavy (non-hydrogen) atoms. The summed E-state index contributed by atoms with van der Waals surface area (Å²) in [4.78, 5) is 23.3. The Morgan fingerprint density at radius 1 is 1.37 bits per heavy atom. The zero-order valence-corrected chi connectivity index (χ0v) is 9.94. The molecule has 1 heterocycles. The fraction of sp³-hybridized carbons (Fsp3) is 0.400. The predicted octanol–water partition coefficient (Wildman–Crippen LogP) is 0.227. The van der Waals surface area contributed by atoms with E-state index in [0.29, 0.717) is 4.90 Å². The van der Waals surface area contributed by atoms with Crippen molar-refractivity contribution in [3.05, 3.63) is 24.0 Å². The molecule has 0 spiro atoms. The Bertz CT molecular complexity index is 450. The minimum absolute atomic E-state index is 0.168. The van der Waals surface area contributed by atoms with Gasteiger partial charge in [0, 0.05) is 7.05 Å². The molecule has 0 radical (unpaired) electrons. The molecule has 9 heteroatoms. The number of carbonyl (C=O) groups is 2. The third-order valence-electron chi connectivity index (χ3n) is 2.09. The van der Waals surface area contributed by atoms with E-state index >= 15 is 0 Å². The Morgan fingerprint density at radius 2 is 2.05 bits per heavy atom. The summed E-state index contributed by atoms with van der Waals surface area (Å²) < 4.78 is 36.1. The van der Waals surface area contributed by atoms with Crippen molar-refractivity contribution in [2.45, 2.75) is 6.18 Å². The van der Waals surface area contributed by atoms with Crippen LogP contribution in [0.2, 0.25) is 0 Å². The second kappa shape index (κ2) is 6.12. The van der Waals surface area contributed by atoms with Crippen LogP contribution in [-0.2, 0) is 4.79 Å². The molecule has 1 rings (SSSR count). The fourth-order valence-electron chi connectivity index (χ4n) is 1.18. The number of rotatable bonds is 4. The standard InChI is InChI=1S/C10H11F3N4O2/c1-17(6-10(11,12)13)8(18)5-14-9(19)7-2-3-15-16-4-7/h2-4H,5-6H2,1H3,(H,14,19). The topological polar surface area (TPSA) is 75.2 Å². The minimum Gasteiger partial charge on any atom is -0.343 e. The Labute approximate surface area is 106 Å². The first-order valence-electron chi connectivity index (χ1n) is 5.15. The summed E-state index contributed by atoms with van der Waals surface area (Å²) >= 11 is 0. The lowest BCUT2D eigenvalue weighted by molar-refractivity contribution is -0.157. The molecule has 0 aromatic carbocycles. The molecular formula is C10H11F3N4O2. The lowest BCUT2D eigenvalue weighted by Gasteiger charge is -2.19. The molecule has 1 aromatic rings. The second-order valence-corrected chi connectivity index (χ2v) is 3.68. The maximum Gasteiger partial charge on any atom is 0.406 e. The summed E-state index contributed by atoms with van der Waals surface area (Å²) in [6, 6.07) is 1.37. The normalized spacial score (nSPS) is 10.9. The monoisotopic (exact) mass is 276 g/mol. The van der Waals surface area contributed by atoms with E-state index < -0.39 is 31.1 Å². The van der Waals surface area contributed by atoms with Crippen LogP contribution in [0.25, 0.3) is 0 Å². The highest BCUT2D eigenvalue weighted by Crippen LogP contribution is 2.15. The van der Waals surface area contributed by atoms with Crippen molar-refractivity contribution in [3.63, 3.8) is 0 Å². The molecule has 2 amide bonds. The number of aromatic nitrogens is 2. The van der Waals surface area contributed by atoms with E-state index in [1.54, 1.807) is 0 Å². The summed E-state index contributed by atoms with van der Waals surface area (Å²) in [5.74, 6) is -1.45. The van der Waals surface area contributed by atoms with Gasteiger partial charge in [0.25, 0.3) is 5.91 Å². The number of likely N-dealkylation sites (N-methyl/N-ethyl adjacent to an activating group) is 1. The summed E-state index contributed by atoms with van der Waals surface area (Å²) in [5.41, 5.74) is 0.168. The Kier molecular flexibility index (Phi) is 4.79. The van der Waals surface area contributed by atoms with E-state index in [4.69, 9.17) is 0 Å². The third-order valence-corrected chi connectivity index (χ3v) is 2.09. The van der Waals surface area contributed by atoms with Crippen LogP contribution in [-0.4, -0.2) is 53.2 Å². The number of amides is 2. The quantitative estimate of drug-likeness (QED) is 0.854. The predicted molar refractivity (Wildman–Crippen MR) is 58.1 cm³/mol. The average Bonchev–Trinajstić information content (AvgIpc) is 2.34. The van der Waals surface area contributed by atoms with Crippen LogP contribution < -0.4 is 5.32 Å². The number of nitrogens with one attached hydrogen (secondary N) is 1. The molecule has 104 valence electrons. The molecule has 0 aliphatic rings. The highest BCUT2D eigenvalue weighted by molar-refractivity contribution is 5.96. The number of nitrogens with zero attached hydrogens (tertiary/aromatic N) is 3. The maximum absolute atomic E-state index is 12.0. The van der Waals surface area contributed by atoms with Crippen molar-refractivity contribution in [3.8, 4) is 0 Å². The average molecular weight is 276 g/mol. The van der Waals surface area contributed by atoms with E-state index in [1.165, 1.54) is 18.5 Å². The van der Waals surface area contributed by atoms with Gasteiger partial charge in [0.05, 0.1) is 24.5 Å². The molecule has 0 saturated carbocycles. The fourth-order valence-corrected chi connectivity index (χ4v) is 1.18. The maximum atomic E-state index is 12.0. The molecule has 0 atom stereocenters. The van der Waals surface area contributed by atoms with Crippen molar-refractivity contribution in [1.82, 2.24) is 20.4 Å². The van der Waals surface area contributed by atoms with Gasteiger partial charge in [-0.3, -0.25) is 9.59 Å². The van der Waals surface area contributed by atoms with Crippen molar-refractivity contribution in [1.29, 1.82) is 0 Å². The van der Waals surface area contributed by atoms with E-state index in [9.17, 15) is 22.8 Å². The first-order valence-corrected chi connectivity index (χ1v) is 5.15. The van der Waals surface area contributed by atoms with Gasteiger partial charge in [-0.15, -0.1) is 0 Å². The van der Waals surface area contributed by atoms with Gasteiger partial charge in [0.15, 0.2) is 0 Å². The van der Waals surface area contributed by atoms with Gasteiger partial charge in [-0.2, -0.15) is 23.4 Å². The van der Waals surface area contributed by atoms with Crippen LogP contribution in [0.4, 0.5) is 13.2 Å². The zero-order chi connectivity index (χ0) is 14.5. The highest BCUT2D eigenvalue weighted by Gasteiger charge is 2.31. The van der Waals surface area contributed by atoms with Crippen molar-refractivity contribution in [2.24, 2.45) is 0 Å². The lowest BCUT2D eigenvalue weighted by Crippen LogP contribution is -2.42. The second-order valence-electron chi connectivity index (χ2n) is 3.68. The van der Waals surface area contributed by atoms with Gasteiger partial charge in [0.1, 0.15) is 6.54 Å². The number of alkyl halides is 3. The van der Waals surface area contributed by atoms with Crippen LogP contribution in [0.15, 0.2) is 18.5 Å². The number of hydrogen-bond donors (Lipinski definition) is 1. The Morgan fingerprint density at radius 3 is 2.58 bits per heavy atom. The Hall–Kier alpha value is -2.19. The van der Waals surface area contributed by atoms with Crippen molar-refractivity contribution >= 4 is 11.8 Å². The van der Waals surface area contributed by atoms with Gasteiger partial charge in [0.2, 0.25) is 5.91 Å². The number of carbonyl (C=O) groups excluding carboxylic acids is 2. The van der Waals surface area contributed by atoms with E-state index in [-0.39, 0.29) is 5.56 Å². The smallest absolute Gasteiger partial charge is 0.343 e. The SMILES string of the molecule is CN(CC(F)(F)F)C(=O)CNC(=O)c1ccnnc1. The largest absolute Gasteiger partial charge is 0.406 e. The van der Waals surface area contributed by atoms with Gasteiger partial charge >= 0.3 is 6.18 Å². The lowest BCUT2D eigenvalue weighted by atomic mass is 10.3. The van der Waals surface area contributed by atoms with Crippen LogP contribution >= 0.6 is 0 Å². The van der Waals surface area contributed by atoms with Gasteiger partial charge < -0.3 is 10.2 Å². The van der Waals surface area contributed by atoms with E-state index in [0.717, 1.165) is 7.05 Å². The molecular weight excluding hydrogens is 265 g/mol. The van der Waals surface area contributed by atoms with Crippen LogP contribution in [0.5, 0.6) is 0 Å². The molecule has 6 nitrogen and oxygen atoms in total. The molecule has 0 unspecified atom stereocenters. The molecule has 0 saturated heterocycles. The molecule has 0 aliphatic carbocycles.